The molecular weight excluding hydrogens is 286 g/mol. The third-order valence-corrected chi connectivity index (χ3v) is 4.59. The Bertz CT molecular complexity index is 522. The molecule has 0 radical (unpaired) electrons. The maximum absolute atomic E-state index is 11.2. The van der Waals surface area contributed by atoms with Crippen LogP contribution in [0.15, 0.2) is 28.1 Å². The third kappa shape index (κ3) is 4.54. The van der Waals surface area contributed by atoms with Crippen molar-refractivity contribution in [2.45, 2.75) is 32.1 Å². The number of rotatable bonds is 7. The van der Waals surface area contributed by atoms with Crippen LogP contribution >= 0.6 is 11.6 Å². The number of hydrogen-bond acceptors (Lipinski definition) is 4. The maximum Gasteiger partial charge on any atom is 0.129 e. The molecule has 0 amide bonds. The second-order valence-corrected chi connectivity index (χ2v) is 6.56. The number of hydrogen-bond donors (Lipinski definition) is 0. The molecule has 0 bridgehead atoms. The number of pyridine rings is 1. The van der Waals surface area contributed by atoms with Gasteiger partial charge in [0.05, 0.1) is 5.29 Å². The average Bonchev–Trinajstić information content (AvgIpc) is 3.13. The minimum atomic E-state index is -1.46. The summed E-state index contributed by atoms with van der Waals surface area (Å²) in [5.74, 6) is 0.409. The average molecular weight is 301 g/mol. The van der Waals surface area contributed by atoms with Crippen LogP contribution in [0.1, 0.15) is 31.2 Å². The lowest BCUT2D eigenvalue weighted by atomic mass is 9.93. The van der Waals surface area contributed by atoms with E-state index >= 15 is 0 Å². The highest BCUT2D eigenvalue weighted by Gasteiger charge is 2.41. The zero-order valence-corrected chi connectivity index (χ0v) is 12.0. The summed E-state index contributed by atoms with van der Waals surface area (Å²) < 4.78 is 14.2. The van der Waals surface area contributed by atoms with E-state index in [1.807, 2.05) is 12.3 Å². The Kier molecular flexibility index (Phi) is 4.87. The van der Waals surface area contributed by atoms with Crippen molar-refractivity contribution in [2.75, 3.05) is 5.75 Å². The van der Waals surface area contributed by atoms with Crippen LogP contribution in [0.3, 0.4) is 0 Å². The molecule has 0 N–H and O–H groups in total. The zero-order valence-electron chi connectivity index (χ0n) is 10.4. The summed E-state index contributed by atoms with van der Waals surface area (Å²) in [5, 5.41) is 2.80. The van der Waals surface area contributed by atoms with Gasteiger partial charge in [0.25, 0.3) is 0 Å². The van der Waals surface area contributed by atoms with Gasteiger partial charge in [0.1, 0.15) is 5.15 Å². The molecule has 1 saturated carbocycles. The first-order valence-electron chi connectivity index (χ1n) is 6.16. The minimum Gasteiger partial charge on any atom is -0.442 e. The standard InChI is InChI=1S/C12H15ClN3O2S/c13-11-3-2-10(9-14-11)8-12(5-6-12)4-1-7-19(18)16-15-17/h2-3,9H,1,4-8H2/q-1. The van der Waals surface area contributed by atoms with Gasteiger partial charge < -0.3 is 4.21 Å². The largest absolute Gasteiger partial charge is 0.442 e. The first-order chi connectivity index (χ1) is 9.13. The van der Waals surface area contributed by atoms with Crippen molar-refractivity contribution < 1.29 is 4.21 Å². The summed E-state index contributed by atoms with van der Waals surface area (Å²) in [7, 11) is -1.46. The molecule has 5 nitrogen and oxygen atoms in total. The van der Waals surface area contributed by atoms with E-state index in [-0.39, 0.29) is 0 Å². The molecule has 1 aromatic heterocycles. The van der Waals surface area contributed by atoms with E-state index in [1.165, 1.54) is 18.4 Å². The number of nitrogens with zero attached hydrogens (tertiary/aromatic N) is 3. The monoisotopic (exact) mass is 300 g/mol. The fourth-order valence-corrected chi connectivity index (χ4v) is 2.94. The highest BCUT2D eigenvalue weighted by Crippen LogP contribution is 2.52. The molecule has 1 fully saturated rings. The van der Waals surface area contributed by atoms with Gasteiger partial charge in [-0.3, -0.25) is 0 Å². The molecule has 0 aliphatic heterocycles. The predicted octanol–water partition coefficient (Wildman–Crippen LogP) is 3.67. The normalized spacial score (nSPS) is 18.2. The predicted molar refractivity (Wildman–Crippen MR) is 75.0 cm³/mol. The van der Waals surface area contributed by atoms with E-state index in [4.69, 9.17) is 11.6 Å². The van der Waals surface area contributed by atoms with Crippen LogP contribution in [0, 0.1) is 10.3 Å². The first kappa shape index (κ1) is 14.4. The lowest BCUT2D eigenvalue weighted by molar-refractivity contribution is 0.457. The number of aromatic nitrogens is 1. The Morgan fingerprint density at radius 3 is 2.79 bits per heavy atom. The van der Waals surface area contributed by atoms with Gasteiger partial charge >= 0.3 is 0 Å². The summed E-state index contributed by atoms with van der Waals surface area (Å²) in [6.07, 6.45) is 6.96. The quantitative estimate of drug-likeness (QED) is 0.334. The SMILES string of the molecule is O=NN=[S-](=O)CCCC1(Cc2ccc(Cl)nc2)CC1. The molecule has 0 aromatic carbocycles. The molecule has 1 heterocycles. The molecular formula is C12H15ClN3O2S-. The highest BCUT2D eigenvalue weighted by molar-refractivity contribution is 7.74. The number of nitroso groups, excluding NO2 is 1. The smallest absolute Gasteiger partial charge is 0.129 e. The summed E-state index contributed by atoms with van der Waals surface area (Å²) in [6, 6.07) is 3.80. The molecule has 0 saturated heterocycles. The minimum absolute atomic E-state index is 0.314. The van der Waals surface area contributed by atoms with Crippen LogP contribution in [-0.2, 0) is 21.2 Å². The van der Waals surface area contributed by atoms with Crippen LogP contribution in [0.4, 0.5) is 0 Å². The van der Waals surface area contributed by atoms with Crippen molar-refractivity contribution in [3.05, 3.63) is 34.0 Å². The van der Waals surface area contributed by atoms with Gasteiger partial charge in [0.15, 0.2) is 0 Å². The van der Waals surface area contributed by atoms with Crippen LogP contribution in [0.25, 0.3) is 0 Å². The van der Waals surface area contributed by atoms with E-state index in [9.17, 15) is 9.12 Å². The van der Waals surface area contributed by atoms with E-state index in [1.54, 1.807) is 6.07 Å². The zero-order chi connectivity index (χ0) is 13.7. The Labute approximate surface area is 118 Å². The van der Waals surface area contributed by atoms with E-state index < -0.39 is 10.6 Å². The molecule has 0 spiro atoms. The molecule has 1 aliphatic rings. The van der Waals surface area contributed by atoms with Gasteiger partial charge in [-0.25, -0.2) is 9.46 Å². The Morgan fingerprint density at radius 1 is 1.42 bits per heavy atom. The third-order valence-electron chi connectivity index (χ3n) is 3.48. The lowest BCUT2D eigenvalue weighted by Gasteiger charge is -2.15. The second-order valence-electron chi connectivity index (χ2n) is 4.96. The molecule has 0 atom stereocenters. The van der Waals surface area contributed by atoms with E-state index in [2.05, 4.69) is 14.7 Å². The summed E-state index contributed by atoms with van der Waals surface area (Å²) in [6.45, 7) is 0. The fraction of sp³-hybridized carbons (Fsp3) is 0.583. The summed E-state index contributed by atoms with van der Waals surface area (Å²) >= 11 is 5.76. The highest BCUT2D eigenvalue weighted by atomic mass is 35.5. The Morgan fingerprint density at radius 2 is 2.21 bits per heavy atom. The summed E-state index contributed by atoms with van der Waals surface area (Å²) in [4.78, 5) is 13.9. The van der Waals surface area contributed by atoms with Gasteiger partial charge in [0.2, 0.25) is 0 Å². The molecule has 19 heavy (non-hydrogen) atoms. The van der Waals surface area contributed by atoms with Crippen LogP contribution < -0.4 is 0 Å². The number of halogens is 1. The summed E-state index contributed by atoms with van der Waals surface area (Å²) in [5.41, 5.74) is 1.50. The molecule has 0 unspecified atom stereocenters. The van der Waals surface area contributed by atoms with Crippen molar-refractivity contribution in [2.24, 2.45) is 15.2 Å². The van der Waals surface area contributed by atoms with Crippen molar-refractivity contribution in [3.63, 3.8) is 0 Å². The second kappa shape index (κ2) is 6.43. The Hall–Kier alpha value is -1.01. The van der Waals surface area contributed by atoms with Crippen LogP contribution in [0.5, 0.6) is 0 Å². The topological polar surface area (TPSA) is 71.8 Å². The molecule has 104 valence electrons. The maximum atomic E-state index is 11.2. The molecule has 7 heteroatoms. The van der Waals surface area contributed by atoms with Gasteiger partial charge in [-0.05, 0) is 42.7 Å². The fourth-order valence-electron chi connectivity index (χ4n) is 2.28. The van der Waals surface area contributed by atoms with Gasteiger partial charge in [-0.1, -0.05) is 29.8 Å². The first-order valence-corrected chi connectivity index (χ1v) is 7.81. The van der Waals surface area contributed by atoms with Crippen molar-refractivity contribution in [1.82, 2.24) is 4.98 Å². The Balaban J connectivity index is 1.83. The molecule has 1 aromatic rings. The van der Waals surface area contributed by atoms with E-state index in [0.29, 0.717) is 16.3 Å². The van der Waals surface area contributed by atoms with Crippen LogP contribution in [-0.4, -0.2) is 10.7 Å². The van der Waals surface area contributed by atoms with Gasteiger partial charge in [-0.15, -0.1) is 4.91 Å². The van der Waals surface area contributed by atoms with Crippen molar-refractivity contribution >= 4 is 22.2 Å². The van der Waals surface area contributed by atoms with Gasteiger partial charge in [0, 0.05) is 6.20 Å². The molecule has 1 aliphatic carbocycles. The van der Waals surface area contributed by atoms with E-state index in [0.717, 1.165) is 19.3 Å². The van der Waals surface area contributed by atoms with Gasteiger partial charge in [-0.2, -0.15) is 10.6 Å². The lowest BCUT2D eigenvalue weighted by Crippen LogP contribution is -2.06. The van der Waals surface area contributed by atoms with Crippen molar-refractivity contribution in [1.29, 1.82) is 0 Å². The van der Waals surface area contributed by atoms with Crippen molar-refractivity contribution in [3.8, 4) is 0 Å². The molecule has 2 rings (SSSR count). The van der Waals surface area contributed by atoms with Crippen LogP contribution in [0.2, 0.25) is 5.15 Å².